The molecule has 0 saturated carbocycles. The van der Waals surface area contributed by atoms with Crippen molar-refractivity contribution in [3.8, 4) is 0 Å². The lowest BCUT2D eigenvalue weighted by molar-refractivity contribution is 0.146. The van der Waals surface area contributed by atoms with Crippen LogP contribution in [0.25, 0.3) is 0 Å². The Morgan fingerprint density at radius 1 is 1.38 bits per heavy atom. The molecule has 5 heteroatoms. The minimum absolute atomic E-state index is 0.761. The number of ether oxygens (including phenoxy) is 1. The molecule has 0 aliphatic carbocycles. The van der Waals surface area contributed by atoms with Gasteiger partial charge in [-0.1, -0.05) is 23.7 Å². The topological polar surface area (TPSA) is 36.9 Å². The van der Waals surface area contributed by atoms with Gasteiger partial charge in [-0.25, -0.2) is 0 Å². The van der Waals surface area contributed by atoms with Gasteiger partial charge in [0.15, 0.2) is 5.96 Å². The molecule has 118 valence electrons. The summed E-state index contributed by atoms with van der Waals surface area (Å²) in [7, 11) is 2.03. The summed E-state index contributed by atoms with van der Waals surface area (Å²) >= 11 is 6.02. The fraction of sp³-hybridized carbons (Fsp3) is 0.562. The maximum Gasteiger partial charge on any atom is 0.193 e. The molecule has 1 aromatic carbocycles. The summed E-state index contributed by atoms with van der Waals surface area (Å²) in [6, 6.07) is 7.91. The van der Waals surface area contributed by atoms with E-state index in [-0.39, 0.29) is 0 Å². The van der Waals surface area contributed by atoms with Crippen LogP contribution >= 0.6 is 11.6 Å². The molecule has 1 rings (SSSR count). The number of guanidine groups is 1. The minimum atomic E-state index is 0.761. The van der Waals surface area contributed by atoms with E-state index in [1.807, 2.05) is 32.2 Å². The molecule has 0 fully saturated rings. The van der Waals surface area contributed by atoms with E-state index in [4.69, 9.17) is 16.3 Å². The molecule has 0 heterocycles. The van der Waals surface area contributed by atoms with E-state index in [9.17, 15) is 0 Å². The third kappa shape index (κ3) is 7.34. The Kier molecular flexibility index (Phi) is 8.87. The first-order valence-electron chi connectivity index (χ1n) is 7.49. The standard InChI is InChI=1S/C16H26ClN3O/c1-4-18-16(19-10-7-11-21-5-2)20(3)13-14-8-6-9-15(17)12-14/h6,8-9,12H,4-5,7,10-11,13H2,1-3H3,(H,18,19). The number of halogens is 1. The van der Waals surface area contributed by atoms with Crippen molar-refractivity contribution in [2.24, 2.45) is 4.99 Å². The lowest BCUT2D eigenvalue weighted by Gasteiger charge is -2.22. The average molecular weight is 312 g/mol. The fourth-order valence-electron chi connectivity index (χ4n) is 1.95. The Balaban J connectivity index is 2.55. The van der Waals surface area contributed by atoms with E-state index in [0.717, 1.165) is 50.3 Å². The number of hydrogen-bond donors (Lipinski definition) is 1. The summed E-state index contributed by atoms with van der Waals surface area (Å²) in [5, 5.41) is 4.07. The summed E-state index contributed by atoms with van der Waals surface area (Å²) in [4.78, 5) is 6.73. The molecule has 4 nitrogen and oxygen atoms in total. The number of benzene rings is 1. The SMILES string of the molecule is CCNC(=NCCCOCC)N(C)Cc1cccc(Cl)c1. The predicted octanol–water partition coefficient (Wildman–Crippen LogP) is 3.16. The van der Waals surface area contributed by atoms with Crippen LogP contribution in [0.3, 0.4) is 0 Å². The first-order valence-corrected chi connectivity index (χ1v) is 7.86. The minimum Gasteiger partial charge on any atom is -0.382 e. The highest BCUT2D eigenvalue weighted by Crippen LogP contribution is 2.12. The van der Waals surface area contributed by atoms with Gasteiger partial charge < -0.3 is 15.0 Å². The van der Waals surface area contributed by atoms with Crippen LogP contribution < -0.4 is 5.32 Å². The van der Waals surface area contributed by atoms with Gasteiger partial charge in [0.05, 0.1) is 0 Å². The molecule has 21 heavy (non-hydrogen) atoms. The second-order valence-corrected chi connectivity index (χ2v) is 5.21. The summed E-state index contributed by atoms with van der Waals surface area (Å²) in [5.41, 5.74) is 1.17. The van der Waals surface area contributed by atoms with Crippen LogP contribution in [-0.2, 0) is 11.3 Å². The van der Waals surface area contributed by atoms with Crippen molar-refractivity contribution in [3.63, 3.8) is 0 Å². The van der Waals surface area contributed by atoms with Crippen LogP contribution in [0.2, 0.25) is 5.02 Å². The Labute approximate surface area is 133 Å². The van der Waals surface area contributed by atoms with E-state index in [2.05, 4.69) is 28.2 Å². The van der Waals surface area contributed by atoms with Crippen molar-refractivity contribution >= 4 is 17.6 Å². The van der Waals surface area contributed by atoms with E-state index in [0.29, 0.717) is 0 Å². The second kappa shape index (κ2) is 10.5. The van der Waals surface area contributed by atoms with Crippen molar-refractivity contribution < 1.29 is 4.74 Å². The van der Waals surface area contributed by atoms with Gasteiger partial charge in [0.25, 0.3) is 0 Å². The maximum absolute atomic E-state index is 6.02. The number of nitrogens with zero attached hydrogens (tertiary/aromatic N) is 2. The molecule has 0 aliphatic rings. The molecular formula is C16H26ClN3O. The van der Waals surface area contributed by atoms with Crippen molar-refractivity contribution in [1.29, 1.82) is 0 Å². The third-order valence-corrected chi connectivity index (χ3v) is 3.15. The second-order valence-electron chi connectivity index (χ2n) is 4.77. The van der Waals surface area contributed by atoms with Crippen LogP contribution in [0.4, 0.5) is 0 Å². The van der Waals surface area contributed by atoms with Gasteiger partial charge in [0, 0.05) is 44.9 Å². The Morgan fingerprint density at radius 2 is 2.19 bits per heavy atom. The van der Waals surface area contributed by atoms with Gasteiger partial charge in [-0.05, 0) is 38.0 Å². The number of nitrogens with one attached hydrogen (secondary N) is 1. The van der Waals surface area contributed by atoms with Gasteiger partial charge in [-0.2, -0.15) is 0 Å². The molecule has 0 saturated heterocycles. The van der Waals surface area contributed by atoms with E-state index in [1.54, 1.807) is 0 Å². The fourth-order valence-corrected chi connectivity index (χ4v) is 2.16. The zero-order chi connectivity index (χ0) is 15.5. The van der Waals surface area contributed by atoms with Crippen LogP contribution in [-0.4, -0.2) is 44.2 Å². The van der Waals surface area contributed by atoms with Crippen molar-refractivity contribution in [1.82, 2.24) is 10.2 Å². The molecule has 0 atom stereocenters. The maximum atomic E-state index is 6.02. The highest BCUT2D eigenvalue weighted by atomic mass is 35.5. The Hall–Kier alpha value is -1.26. The Bertz CT molecular complexity index is 437. The lowest BCUT2D eigenvalue weighted by atomic mass is 10.2. The number of aliphatic imine (C=N–C) groups is 1. The predicted molar refractivity (Wildman–Crippen MR) is 90.0 cm³/mol. The van der Waals surface area contributed by atoms with Gasteiger partial charge in [-0.15, -0.1) is 0 Å². The summed E-state index contributed by atoms with van der Waals surface area (Å²) in [6.45, 7) is 8.00. The largest absolute Gasteiger partial charge is 0.382 e. The van der Waals surface area contributed by atoms with E-state index >= 15 is 0 Å². The molecule has 0 bridgehead atoms. The van der Waals surface area contributed by atoms with Crippen molar-refractivity contribution in [2.45, 2.75) is 26.8 Å². The molecule has 0 radical (unpaired) electrons. The quantitative estimate of drug-likeness (QED) is 0.455. The van der Waals surface area contributed by atoms with Crippen molar-refractivity contribution in [2.75, 3.05) is 33.4 Å². The van der Waals surface area contributed by atoms with Crippen LogP contribution in [0.5, 0.6) is 0 Å². The monoisotopic (exact) mass is 311 g/mol. The van der Waals surface area contributed by atoms with Gasteiger partial charge in [-0.3, -0.25) is 4.99 Å². The Morgan fingerprint density at radius 3 is 2.86 bits per heavy atom. The van der Waals surface area contributed by atoms with Crippen LogP contribution in [0, 0.1) is 0 Å². The van der Waals surface area contributed by atoms with E-state index in [1.165, 1.54) is 5.56 Å². The highest BCUT2D eigenvalue weighted by molar-refractivity contribution is 6.30. The number of hydrogen-bond acceptors (Lipinski definition) is 2. The van der Waals surface area contributed by atoms with Gasteiger partial charge in [0.1, 0.15) is 0 Å². The first kappa shape index (κ1) is 17.8. The van der Waals surface area contributed by atoms with Gasteiger partial charge >= 0.3 is 0 Å². The summed E-state index contributed by atoms with van der Waals surface area (Å²) in [5.74, 6) is 0.911. The highest BCUT2D eigenvalue weighted by Gasteiger charge is 2.06. The molecule has 1 N–H and O–H groups in total. The van der Waals surface area contributed by atoms with E-state index < -0.39 is 0 Å². The lowest BCUT2D eigenvalue weighted by Crippen LogP contribution is -2.38. The molecule has 0 aliphatic heterocycles. The number of rotatable bonds is 8. The molecule has 0 aromatic heterocycles. The van der Waals surface area contributed by atoms with Crippen molar-refractivity contribution in [3.05, 3.63) is 34.9 Å². The van der Waals surface area contributed by atoms with Crippen LogP contribution in [0.1, 0.15) is 25.8 Å². The zero-order valence-electron chi connectivity index (χ0n) is 13.2. The van der Waals surface area contributed by atoms with Gasteiger partial charge in [0.2, 0.25) is 0 Å². The normalized spacial score (nSPS) is 11.5. The molecule has 1 aromatic rings. The third-order valence-electron chi connectivity index (χ3n) is 2.92. The molecule has 0 amide bonds. The smallest absolute Gasteiger partial charge is 0.193 e. The molecule has 0 unspecified atom stereocenters. The molecule has 0 spiro atoms. The molecular weight excluding hydrogens is 286 g/mol. The zero-order valence-corrected chi connectivity index (χ0v) is 14.0. The average Bonchev–Trinajstić information content (AvgIpc) is 2.46. The first-order chi connectivity index (χ1) is 10.2. The van der Waals surface area contributed by atoms with Crippen LogP contribution in [0.15, 0.2) is 29.3 Å². The summed E-state index contributed by atoms with van der Waals surface area (Å²) < 4.78 is 5.33. The summed E-state index contributed by atoms with van der Waals surface area (Å²) in [6.07, 6.45) is 0.938.